The molecule has 1 unspecified atom stereocenters. The van der Waals surface area contributed by atoms with Gasteiger partial charge in [0.25, 0.3) is 0 Å². The fraction of sp³-hybridized carbons (Fsp3) is 0.364. The average Bonchev–Trinajstić information content (AvgIpc) is 3.34. The van der Waals surface area contributed by atoms with Crippen LogP contribution in [0.2, 0.25) is 0 Å². The fourth-order valence-corrected chi connectivity index (χ4v) is 4.50. The van der Waals surface area contributed by atoms with Gasteiger partial charge in [0.05, 0.1) is 12.5 Å². The molecule has 2 aromatic heterocycles. The van der Waals surface area contributed by atoms with E-state index in [1.54, 1.807) is 22.3 Å². The molecule has 2 aliphatic heterocycles. The highest BCUT2D eigenvalue weighted by Crippen LogP contribution is 2.23. The van der Waals surface area contributed by atoms with Gasteiger partial charge in [-0.3, -0.25) is 14.5 Å². The van der Waals surface area contributed by atoms with Gasteiger partial charge in [0.15, 0.2) is 0 Å². The molecule has 7 heteroatoms. The Morgan fingerprint density at radius 2 is 1.97 bits per heavy atom. The second-order valence-electron chi connectivity index (χ2n) is 7.92. The number of aromatic nitrogens is 1. The second-order valence-corrected chi connectivity index (χ2v) is 7.92. The molecular formula is C22H24N4O3. The smallest absolute Gasteiger partial charge is 0.247 e. The Bertz CT molecular complexity index is 1060. The Labute approximate surface area is 169 Å². The molecule has 7 nitrogen and oxygen atoms in total. The Kier molecular flexibility index (Phi) is 4.39. The summed E-state index contributed by atoms with van der Waals surface area (Å²) in [7, 11) is 2.08. The minimum absolute atomic E-state index is 0.0209. The summed E-state index contributed by atoms with van der Waals surface area (Å²) >= 11 is 0. The van der Waals surface area contributed by atoms with Gasteiger partial charge in [-0.2, -0.15) is 0 Å². The number of carbonyl (C=O) groups excluding carboxylic acids is 2. The van der Waals surface area contributed by atoms with E-state index in [-0.39, 0.29) is 18.4 Å². The minimum Gasteiger partial charge on any atom is -0.472 e. The average molecular weight is 392 g/mol. The second kappa shape index (κ2) is 7.08. The van der Waals surface area contributed by atoms with E-state index in [1.165, 1.54) is 16.6 Å². The molecule has 0 bridgehead atoms. The monoisotopic (exact) mass is 392 g/mol. The Morgan fingerprint density at radius 1 is 1.10 bits per heavy atom. The van der Waals surface area contributed by atoms with Gasteiger partial charge in [0, 0.05) is 56.5 Å². The van der Waals surface area contributed by atoms with Gasteiger partial charge in [-0.05, 0) is 23.6 Å². The molecule has 0 radical (unpaired) electrons. The summed E-state index contributed by atoms with van der Waals surface area (Å²) in [6.45, 7) is 3.25. The SMILES string of the molecule is Cn1c(CN2CCN3C(=O)CN(Cc4ccoc4)C(=O)C3C2)cc2ccccc21. The van der Waals surface area contributed by atoms with E-state index >= 15 is 0 Å². The predicted molar refractivity (Wildman–Crippen MR) is 108 cm³/mol. The van der Waals surface area contributed by atoms with E-state index in [1.807, 2.05) is 18.2 Å². The molecular weight excluding hydrogens is 368 g/mol. The number of hydrogen-bond acceptors (Lipinski definition) is 4. The van der Waals surface area contributed by atoms with E-state index < -0.39 is 6.04 Å². The Hall–Kier alpha value is -3.06. The van der Waals surface area contributed by atoms with E-state index in [4.69, 9.17) is 4.42 Å². The molecule has 2 fully saturated rings. The fourth-order valence-electron chi connectivity index (χ4n) is 4.50. The summed E-state index contributed by atoms with van der Waals surface area (Å²) in [5.41, 5.74) is 3.32. The normalized spacial score (nSPS) is 20.5. The summed E-state index contributed by atoms with van der Waals surface area (Å²) in [5, 5.41) is 1.22. The zero-order valence-corrected chi connectivity index (χ0v) is 16.5. The molecule has 0 N–H and O–H groups in total. The van der Waals surface area contributed by atoms with Crippen LogP contribution in [0.5, 0.6) is 0 Å². The molecule has 0 spiro atoms. The summed E-state index contributed by atoms with van der Waals surface area (Å²) < 4.78 is 7.31. The zero-order valence-electron chi connectivity index (χ0n) is 16.5. The highest BCUT2D eigenvalue weighted by molar-refractivity contribution is 5.95. The predicted octanol–water partition coefficient (Wildman–Crippen LogP) is 1.83. The van der Waals surface area contributed by atoms with Gasteiger partial charge in [-0.1, -0.05) is 18.2 Å². The molecule has 29 heavy (non-hydrogen) atoms. The van der Waals surface area contributed by atoms with E-state index in [2.05, 4.69) is 34.7 Å². The molecule has 0 saturated carbocycles. The lowest BCUT2D eigenvalue weighted by molar-refractivity contribution is -0.160. The van der Waals surface area contributed by atoms with Crippen LogP contribution >= 0.6 is 0 Å². The van der Waals surface area contributed by atoms with Crippen molar-refractivity contribution in [3.05, 3.63) is 60.2 Å². The molecule has 0 aliphatic carbocycles. The van der Waals surface area contributed by atoms with Crippen molar-refractivity contribution in [3.8, 4) is 0 Å². The van der Waals surface area contributed by atoms with E-state index in [0.29, 0.717) is 19.6 Å². The van der Waals surface area contributed by atoms with Crippen molar-refractivity contribution in [2.24, 2.45) is 7.05 Å². The zero-order chi connectivity index (χ0) is 20.0. The first-order valence-corrected chi connectivity index (χ1v) is 9.95. The van der Waals surface area contributed by atoms with Crippen molar-refractivity contribution in [2.45, 2.75) is 19.1 Å². The third kappa shape index (κ3) is 3.21. The van der Waals surface area contributed by atoms with Crippen LogP contribution < -0.4 is 0 Å². The van der Waals surface area contributed by atoms with Crippen LogP contribution in [0.15, 0.2) is 53.3 Å². The standard InChI is InChI=1S/C22H24N4O3/c1-23-18(10-17-4-2-3-5-19(17)23)12-24-7-8-26-20(13-24)22(28)25(14-21(26)27)11-16-6-9-29-15-16/h2-6,9-10,15,20H,7-8,11-14H2,1H3. The highest BCUT2D eigenvalue weighted by atomic mass is 16.3. The number of nitrogens with zero attached hydrogens (tertiary/aromatic N) is 4. The van der Waals surface area contributed by atoms with Crippen molar-refractivity contribution >= 4 is 22.7 Å². The summed E-state index contributed by atoms with van der Waals surface area (Å²) in [6.07, 6.45) is 3.21. The molecule has 1 aromatic carbocycles. The largest absolute Gasteiger partial charge is 0.472 e. The number of carbonyl (C=O) groups is 2. The van der Waals surface area contributed by atoms with Crippen LogP contribution in [-0.2, 0) is 29.7 Å². The first-order chi connectivity index (χ1) is 14.1. The first kappa shape index (κ1) is 18.0. The lowest BCUT2D eigenvalue weighted by atomic mass is 10.1. The van der Waals surface area contributed by atoms with Crippen LogP contribution in [0.25, 0.3) is 10.9 Å². The molecule has 1 atom stereocenters. The number of fused-ring (bicyclic) bond motifs is 2. The first-order valence-electron chi connectivity index (χ1n) is 9.95. The quantitative estimate of drug-likeness (QED) is 0.680. The van der Waals surface area contributed by atoms with Gasteiger partial charge in [0.1, 0.15) is 12.6 Å². The minimum atomic E-state index is -0.411. The number of amides is 2. The molecule has 150 valence electrons. The van der Waals surface area contributed by atoms with Gasteiger partial charge < -0.3 is 18.8 Å². The summed E-state index contributed by atoms with van der Waals surface area (Å²) in [4.78, 5) is 31.4. The maximum Gasteiger partial charge on any atom is 0.247 e. The van der Waals surface area contributed by atoms with E-state index in [0.717, 1.165) is 18.7 Å². The van der Waals surface area contributed by atoms with Crippen LogP contribution in [-0.4, -0.2) is 63.3 Å². The van der Waals surface area contributed by atoms with Crippen LogP contribution in [0.3, 0.4) is 0 Å². The van der Waals surface area contributed by atoms with Crippen molar-refractivity contribution in [1.82, 2.24) is 19.3 Å². The van der Waals surface area contributed by atoms with Gasteiger partial charge in [-0.15, -0.1) is 0 Å². The van der Waals surface area contributed by atoms with Gasteiger partial charge in [-0.25, -0.2) is 0 Å². The molecule has 3 aromatic rings. The van der Waals surface area contributed by atoms with Gasteiger partial charge >= 0.3 is 0 Å². The number of hydrogen-bond donors (Lipinski definition) is 0. The summed E-state index contributed by atoms with van der Waals surface area (Å²) in [5.74, 6) is 0.0508. The third-order valence-corrected chi connectivity index (χ3v) is 6.10. The van der Waals surface area contributed by atoms with Crippen LogP contribution in [0.1, 0.15) is 11.3 Å². The van der Waals surface area contributed by atoms with Crippen LogP contribution in [0.4, 0.5) is 0 Å². The van der Waals surface area contributed by atoms with Gasteiger partial charge in [0.2, 0.25) is 11.8 Å². The van der Waals surface area contributed by atoms with Crippen LogP contribution in [0, 0.1) is 0 Å². The number of aryl methyl sites for hydroxylation is 1. The number of benzene rings is 1. The van der Waals surface area contributed by atoms with Crippen molar-refractivity contribution < 1.29 is 14.0 Å². The third-order valence-electron chi connectivity index (χ3n) is 6.10. The lowest BCUT2D eigenvalue weighted by Crippen LogP contribution is -2.66. The number of para-hydroxylation sites is 1. The molecule has 2 aliphatic rings. The Balaban J connectivity index is 1.33. The maximum absolute atomic E-state index is 13.1. The molecule has 5 rings (SSSR count). The topological polar surface area (TPSA) is 61.9 Å². The molecule has 4 heterocycles. The summed E-state index contributed by atoms with van der Waals surface area (Å²) in [6, 6.07) is 12.0. The maximum atomic E-state index is 13.1. The lowest BCUT2D eigenvalue weighted by Gasteiger charge is -2.46. The number of rotatable bonds is 4. The highest BCUT2D eigenvalue weighted by Gasteiger charge is 2.42. The Morgan fingerprint density at radius 3 is 2.76 bits per heavy atom. The van der Waals surface area contributed by atoms with Crippen molar-refractivity contribution in [1.29, 1.82) is 0 Å². The molecule has 2 saturated heterocycles. The van der Waals surface area contributed by atoms with E-state index in [9.17, 15) is 9.59 Å². The van der Waals surface area contributed by atoms with Crippen molar-refractivity contribution in [3.63, 3.8) is 0 Å². The number of piperazine rings is 2. The number of furan rings is 1. The van der Waals surface area contributed by atoms with Crippen molar-refractivity contribution in [2.75, 3.05) is 26.2 Å². The molecule has 2 amide bonds.